The lowest BCUT2D eigenvalue weighted by Gasteiger charge is -2.10. The van der Waals surface area contributed by atoms with E-state index in [1.54, 1.807) is 30.5 Å². The summed E-state index contributed by atoms with van der Waals surface area (Å²) >= 11 is 6.03. The molecule has 1 aliphatic heterocycles. The van der Waals surface area contributed by atoms with Crippen LogP contribution in [0, 0.1) is 5.82 Å². The first kappa shape index (κ1) is 15.5. The molecule has 0 saturated carbocycles. The molecule has 0 fully saturated rings. The third-order valence-corrected chi connectivity index (χ3v) is 4.06. The monoisotopic (exact) mass is 354 g/mol. The number of fused-ring (bicyclic) bond motifs is 3. The molecule has 3 aromatic rings. The summed E-state index contributed by atoms with van der Waals surface area (Å²) in [4.78, 5) is 20.9. The summed E-state index contributed by atoms with van der Waals surface area (Å²) in [6.07, 6.45) is 1.80. The van der Waals surface area contributed by atoms with Crippen molar-refractivity contribution in [2.75, 3.05) is 10.6 Å². The minimum Gasteiger partial charge on any atom is -0.325 e. The van der Waals surface area contributed by atoms with Gasteiger partial charge in [-0.2, -0.15) is 0 Å². The number of aromatic nitrogens is 2. The zero-order valence-corrected chi connectivity index (χ0v) is 13.6. The Morgan fingerprint density at radius 3 is 2.76 bits per heavy atom. The fourth-order valence-corrected chi connectivity index (χ4v) is 2.86. The zero-order chi connectivity index (χ0) is 17.4. The second kappa shape index (κ2) is 6.14. The van der Waals surface area contributed by atoms with Gasteiger partial charge in [0.1, 0.15) is 5.82 Å². The molecule has 1 amide bonds. The maximum absolute atomic E-state index is 13.0. The minimum absolute atomic E-state index is 0.148. The first-order chi connectivity index (χ1) is 12.1. The Kier molecular flexibility index (Phi) is 3.82. The summed E-state index contributed by atoms with van der Waals surface area (Å²) in [7, 11) is 0. The lowest BCUT2D eigenvalue weighted by Crippen LogP contribution is -2.12. The van der Waals surface area contributed by atoms with E-state index >= 15 is 0 Å². The topological polar surface area (TPSA) is 66.9 Å². The van der Waals surface area contributed by atoms with Crippen molar-refractivity contribution in [1.82, 2.24) is 9.97 Å². The lowest BCUT2D eigenvalue weighted by atomic mass is 10.1. The van der Waals surface area contributed by atoms with Crippen LogP contribution in [-0.4, -0.2) is 15.9 Å². The molecule has 0 radical (unpaired) electrons. The fourth-order valence-electron chi connectivity index (χ4n) is 2.69. The van der Waals surface area contributed by atoms with Gasteiger partial charge in [-0.3, -0.25) is 4.79 Å². The van der Waals surface area contributed by atoms with Crippen LogP contribution in [0.15, 0.2) is 48.7 Å². The highest BCUT2D eigenvalue weighted by Crippen LogP contribution is 2.34. The van der Waals surface area contributed by atoms with Crippen LogP contribution in [0.3, 0.4) is 0 Å². The van der Waals surface area contributed by atoms with Crippen molar-refractivity contribution in [3.63, 3.8) is 0 Å². The Morgan fingerprint density at radius 1 is 1.16 bits per heavy atom. The zero-order valence-electron chi connectivity index (χ0n) is 12.9. The molecule has 1 aliphatic rings. The van der Waals surface area contributed by atoms with Crippen LogP contribution in [0.4, 0.5) is 21.7 Å². The van der Waals surface area contributed by atoms with E-state index in [0.29, 0.717) is 28.0 Å². The van der Waals surface area contributed by atoms with Gasteiger partial charge in [-0.1, -0.05) is 11.6 Å². The van der Waals surface area contributed by atoms with Gasteiger partial charge in [0.2, 0.25) is 11.9 Å². The molecule has 0 aliphatic carbocycles. The maximum atomic E-state index is 13.0. The third-order valence-electron chi connectivity index (χ3n) is 3.83. The molecule has 2 heterocycles. The molecular weight excluding hydrogens is 343 g/mol. The normalized spacial score (nSPS) is 12.6. The summed E-state index contributed by atoms with van der Waals surface area (Å²) in [5.74, 6) is -0.102. The second-order valence-electron chi connectivity index (χ2n) is 5.61. The van der Waals surface area contributed by atoms with Crippen molar-refractivity contribution in [3.8, 4) is 11.3 Å². The molecule has 0 spiro atoms. The van der Waals surface area contributed by atoms with Crippen molar-refractivity contribution in [3.05, 3.63) is 65.1 Å². The van der Waals surface area contributed by atoms with E-state index < -0.39 is 0 Å². The van der Waals surface area contributed by atoms with Gasteiger partial charge in [0.15, 0.2) is 0 Å². The predicted molar refractivity (Wildman–Crippen MR) is 94.5 cm³/mol. The number of hydrogen-bond acceptors (Lipinski definition) is 4. The number of nitrogens with zero attached hydrogens (tertiary/aromatic N) is 2. The first-order valence-corrected chi connectivity index (χ1v) is 7.94. The van der Waals surface area contributed by atoms with Gasteiger partial charge in [-0.15, -0.1) is 0 Å². The number of carbonyl (C=O) groups is 1. The standard InChI is InChI=1S/C18H12ClFN4O/c19-11-1-6-14-15(8-11)23-16(25)7-10-9-21-18(24-17(10)14)22-13-4-2-12(20)3-5-13/h1-6,8-9H,7H2,(H,23,25)(H,21,22,24). The van der Waals surface area contributed by atoms with Crippen molar-refractivity contribution >= 4 is 34.8 Å². The maximum Gasteiger partial charge on any atom is 0.228 e. The van der Waals surface area contributed by atoms with Gasteiger partial charge in [-0.05, 0) is 42.5 Å². The molecule has 1 aromatic heterocycles. The molecule has 0 atom stereocenters. The number of halogens is 2. The van der Waals surface area contributed by atoms with Gasteiger partial charge < -0.3 is 10.6 Å². The summed E-state index contributed by atoms with van der Waals surface area (Å²) in [5.41, 5.74) is 3.44. The Hall–Kier alpha value is -2.99. The van der Waals surface area contributed by atoms with Crippen LogP contribution in [0.25, 0.3) is 11.3 Å². The Balaban J connectivity index is 1.77. The molecule has 124 valence electrons. The highest BCUT2D eigenvalue weighted by atomic mass is 35.5. The Labute approximate surface area is 147 Å². The number of benzene rings is 2. The lowest BCUT2D eigenvalue weighted by molar-refractivity contribution is -0.115. The van der Waals surface area contributed by atoms with Crippen molar-refractivity contribution < 1.29 is 9.18 Å². The molecule has 2 N–H and O–H groups in total. The quantitative estimate of drug-likeness (QED) is 0.724. The summed E-state index contributed by atoms with van der Waals surface area (Å²) in [5, 5.41) is 6.40. The smallest absolute Gasteiger partial charge is 0.228 e. The van der Waals surface area contributed by atoms with Crippen LogP contribution in [0.1, 0.15) is 5.56 Å². The van der Waals surface area contributed by atoms with E-state index in [-0.39, 0.29) is 18.1 Å². The SMILES string of the molecule is O=C1Cc2cnc(Nc3ccc(F)cc3)nc2-c2ccc(Cl)cc2N1. The highest BCUT2D eigenvalue weighted by Gasteiger charge is 2.21. The van der Waals surface area contributed by atoms with E-state index in [2.05, 4.69) is 20.6 Å². The van der Waals surface area contributed by atoms with Crippen LogP contribution in [0.2, 0.25) is 5.02 Å². The largest absolute Gasteiger partial charge is 0.325 e. The van der Waals surface area contributed by atoms with Gasteiger partial charge >= 0.3 is 0 Å². The predicted octanol–water partition coefficient (Wildman–Crippen LogP) is 4.17. The van der Waals surface area contributed by atoms with Crippen molar-refractivity contribution in [2.45, 2.75) is 6.42 Å². The number of amides is 1. The highest BCUT2D eigenvalue weighted by molar-refractivity contribution is 6.31. The molecule has 0 saturated heterocycles. The van der Waals surface area contributed by atoms with Gasteiger partial charge in [-0.25, -0.2) is 14.4 Å². The van der Waals surface area contributed by atoms with Crippen LogP contribution in [0.5, 0.6) is 0 Å². The fraction of sp³-hybridized carbons (Fsp3) is 0.0556. The molecule has 2 aromatic carbocycles. The van der Waals surface area contributed by atoms with E-state index in [4.69, 9.17) is 11.6 Å². The van der Waals surface area contributed by atoms with Gasteiger partial charge in [0, 0.05) is 28.0 Å². The third kappa shape index (κ3) is 3.16. The van der Waals surface area contributed by atoms with Gasteiger partial charge in [0.25, 0.3) is 0 Å². The number of anilines is 3. The molecule has 0 bridgehead atoms. The number of hydrogen-bond donors (Lipinski definition) is 2. The van der Waals surface area contributed by atoms with E-state index in [1.807, 2.05) is 6.07 Å². The second-order valence-corrected chi connectivity index (χ2v) is 6.05. The van der Waals surface area contributed by atoms with E-state index in [0.717, 1.165) is 11.1 Å². The van der Waals surface area contributed by atoms with Crippen molar-refractivity contribution in [1.29, 1.82) is 0 Å². The van der Waals surface area contributed by atoms with Crippen LogP contribution < -0.4 is 10.6 Å². The summed E-state index contributed by atoms with van der Waals surface area (Å²) in [6.45, 7) is 0. The molecule has 5 nitrogen and oxygen atoms in total. The summed E-state index contributed by atoms with van der Waals surface area (Å²) in [6, 6.07) is 11.2. The molecular formula is C18H12ClFN4O. The summed E-state index contributed by atoms with van der Waals surface area (Å²) < 4.78 is 13.0. The Bertz CT molecular complexity index is 975. The molecule has 0 unspecified atom stereocenters. The van der Waals surface area contributed by atoms with E-state index in [9.17, 15) is 9.18 Å². The first-order valence-electron chi connectivity index (χ1n) is 7.57. The van der Waals surface area contributed by atoms with E-state index in [1.165, 1.54) is 12.1 Å². The van der Waals surface area contributed by atoms with Crippen LogP contribution >= 0.6 is 11.6 Å². The van der Waals surface area contributed by atoms with Gasteiger partial charge in [0.05, 0.1) is 17.8 Å². The molecule has 4 rings (SSSR count). The average Bonchev–Trinajstić information content (AvgIpc) is 2.71. The number of carbonyl (C=O) groups excluding carboxylic acids is 1. The minimum atomic E-state index is -0.316. The molecule has 25 heavy (non-hydrogen) atoms. The number of nitrogens with one attached hydrogen (secondary N) is 2. The van der Waals surface area contributed by atoms with Crippen molar-refractivity contribution in [2.24, 2.45) is 0 Å². The average molecular weight is 355 g/mol. The number of rotatable bonds is 2. The molecule has 7 heteroatoms. The Morgan fingerprint density at radius 2 is 1.96 bits per heavy atom. The van der Waals surface area contributed by atoms with Crippen LogP contribution in [-0.2, 0) is 11.2 Å².